The average molecular weight is 149 g/mol. The highest BCUT2D eigenvalue weighted by atomic mass is 14.9. The number of hydrogen-bond acceptors (Lipinski definition) is 1. The lowest BCUT2D eigenvalue weighted by Crippen LogP contribution is -2.33. The molecular formula is C10H15N. The van der Waals surface area contributed by atoms with Gasteiger partial charge in [-0.05, 0) is 24.8 Å². The smallest absolute Gasteiger partial charge is 0.0170 e. The van der Waals surface area contributed by atoms with Crippen molar-refractivity contribution < 1.29 is 0 Å². The molecule has 1 nitrogen and oxygen atoms in total. The van der Waals surface area contributed by atoms with Gasteiger partial charge in [0.25, 0.3) is 0 Å². The number of allylic oxidation sites excluding steroid dienone is 3. The molecule has 60 valence electrons. The predicted octanol–water partition coefficient (Wildman–Crippen LogP) is 1.73. The van der Waals surface area contributed by atoms with E-state index in [2.05, 4.69) is 30.5 Å². The zero-order chi connectivity index (χ0) is 7.68. The van der Waals surface area contributed by atoms with Crippen molar-refractivity contribution in [3.8, 4) is 0 Å². The van der Waals surface area contributed by atoms with Gasteiger partial charge in [0, 0.05) is 6.54 Å². The maximum atomic E-state index is 3.40. The van der Waals surface area contributed by atoms with E-state index in [0.29, 0.717) is 0 Å². The standard InChI is InChI=1S/C10H15N/c1-8-3-2-4-9-7-11-6-5-10(8)9/h2-4,8,10-11H,5-7H2,1H3. The summed E-state index contributed by atoms with van der Waals surface area (Å²) in [5.74, 6) is 1.60. The third kappa shape index (κ3) is 1.25. The van der Waals surface area contributed by atoms with E-state index in [1.165, 1.54) is 13.0 Å². The SMILES string of the molecule is CC1C=CC=C2CNCCC21. The topological polar surface area (TPSA) is 12.0 Å². The second-order valence-corrected chi connectivity index (χ2v) is 3.56. The molecule has 1 aliphatic carbocycles. The zero-order valence-corrected chi connectivity index (χ0v) is 7.01. The van der Waals surface area contributed by atoms with Gasteiger partial charge in [0.1, 0.15) is 0 Å². The number of rotatable bonds is 0. The monoisotopic (exact) mass is 149 g/mol. The molecule has 0 aromatic carbocycles. The van der Waals surface area contributed by atoms with Crippen LogP contribution in [0.2, 0.25) is 0 Å². The third-order valence-corrected chi connectivity index (χ3v) is 2.80. The molecule has 1 heteroatoms. The van der Waals surface area contributed by atoms with Gasteiger partial charge in [-0.25, -0.2) is 0 Å². The van der Waals surface area contributed by atoms with Gasteiger partial charge in [0.2, 0.25) is 0 Å². The summed E-state index contributed by atoms with van der Waals surface area (Å²) in [5, 5.41) is 3.40. The minimum atomic E-state index is 0.761. The molecule has 0 spiro atoms. The molecule has 2 atom stereocenters. The first-order valence-corrected chi connectivity index (χ1v) is 4.46. The number of hydrogen-bond donors (Lipinski definition) is 1. The van der Waals surface area contributed by atoms with Gasteiger partial charge in [-0.2, -0.15) is 0 Å². The summed E-state index contributed by atoms with van der Waals surface area (Å²) in [6.45, 7) is 4.62. The lowest BCUT2D eigenvalue weighted by molar-refractivity contribution is 0.390. The molecule has 0 aromatic rings. The predicted molar refractivity (Wildman–Crippen MR) is 47.4 cm³/mol. The van der Waals surface area contributed by atoms with E-state index >= 15 is 0 Å². The summed E-state index contributed by atoms with van der Waals surface area (Å²) in [5.41, 5.74) is 1.60. The minimum absolute atomic E-state index is 0.761. The normalized spacial score (nSPS) is 36.3. The van der Waals surface area contributed by atoms with Gasteiger partial charge in [0.05, 0.1) is 0 Å². The molecule has 0 aromatic heterocycles. The second kappa shape index (κ2) is 2.82. The van der Waals surface area contributed by atoms with Gasteiger partial charge in [-0.3, -0.25) is 0 Å². The largest absolute Gasteiger partial charge is 0.313 e. The van der Waals surface area contributed by atoms with Crippen LogP contribution in [0.3, 0.4) is 0 Å². The number of piperidine rings is 1. The van der Waals surface area contributed by atoms with Crippen LogP contribution in [0.1, 0.15) is 13.3 Å². The molecule has 1 heterocycles. The van der Waals surface area contributed by atoms with Crippen LogP contribution in [0, 0.1) is 11.8 Å². The van der Waals surface area contributed by atoms with Crippen LogP contribution in [0.15, 0.2) is 23.8 Å². The summed E-state index contributed by atoms with van der Waals surface area (Å²) < 4.78 is 0. The molecule has 1 aliphatic heterocycles. The van der Waals surface area contributed by atoms with Crippen LogP contribution in [-0.4, -0.2) is 13.1 Å². The second-order valence-electron chi connectivity index (χ2n) is 3.56. The van der Waals surface area contributed by atoms with Crippen molar-refractivity contribution in [2.75, 3.05) is 13.1 Å². The van der Waals surface area contributed by atoms with E-state index in [0.717, 1.165) is 18.4 Å². The third-order valence-electron chi connectivity index (χ3n) is 2.80. The Morgan fingerprint density at radius 2 is 2.45 bits per heavy atom. The summed E-state index contributed by atoms with van der Waals surface area (Å²) in [7, 11) is 0. The van der Waals surface area contributed by atoms with Crippen LogP contribution in [0.25, 0.3) is 0 Å². The highest BCUT2D eigenvalue weighted by Crippen LogP contribution is 2.30. The van der Waals surface area contributed by atoms with Crippen LogP contribution >= 0.6 is 0 Å². The van der Waals surface area contributed by atoms with Gasteiger partial charge in [-0.15, -0.1) is 0 Å². The van der Waals surface area contributed by atoms with Crippen molar-refractivity contribution in [2.45, 2.75) is 13.3 Å². The Morgan fingerprint density at radius 3 is 3.27 bits per heavy atom. The van der Waals surface area contributed by atoms with E-state index in [4.69, 9.17) is 0 Å². The molecule has 1 fully saturated rings. The number of fused-ring (bicyclic) bond motifs is 1. The molecule has 2 unspecified atom stereocenters. The lowest BCUT2D eigenvalue weighted by atomic mass is 9.79. The molecule has 1 N–H and O–H groups in total. The van der Waals surface area contributed by atoms with E-state index in [1.807, 2.05) is 0 Å². The van der Waals surface area contributed by atoms with Gasteiger partial charge >= 0.3 is 0 Å². The van der Waals surface area contributed by atoms with Crippen LogP contribution in [-0.2, 0) is 0 Å². The van der Waals surface area contributed by atoms with E-state index in [1.54, 1.807) is 5.57 Å². The van der Waals surface area contributed by atoms with Crippen molar-refractivity contribution in [1.82, 2.24) is 5.32 Å². The highest BCUT2D eigenvalue weighted by Gasteiger charge is 2.23. The summed E-state index contributed by atoms with van der Waals surface area (Å²) in [4.78, 5) is 0. The van der Waals surface area contributed by atoms with Gasteiger partial charge in [0.15, 0.2) is 0 Å². The minimum Gasteiger partial charge on any atom is -0.313 e. The lowest BCUT2D eigenvalue weighted by Gasteiger charge is -2.31. The van der Waals surface area contributed by atoms with Crippen molar-refractivity contribution in [3.05, 3.63) is 23.8 Å². The van der Waals surface area contributed by atoms with Gasteiger partial charge in [-0.1, -0.05) is 30.7 Å². The Kier molecular flexibility index (Phi) is 1.82. The van der Waals surface area contributed by atoms with E-state index < -0.39 is 0 Å². The maximum Gasteiger partial charge on any atom is 0.0170 e. The van der Waals surface area contributed by atoms with E-state index in [-0.39, 0.29) is 0 Å². The Morgan fingerprint density at radius 1 is 1.55 bits per heavy atom. The van der Waals surface area contributed by atoms with Crippen LogP contribution in [0.4, 0.5) is 0 Å². The van der Waals surface area contributed by atoms with Gasteiger partial charge < -0.3 is 5.32 Å². The van der Waals surface area contributed by atoms with Crippen LogP contribution in [0.5, 0.6) is 0 Å². The molecule has 0 saturated carbocycles. The molecule has 0 bridgehead atoms. The first-order valence-electron chi connectivity index (χ1n) is 4.46. The van der Waals surface area contributed by atoms with E-state index in [9.17, 15) is 0 Å². The molecular weight excluding hydrogens is 134 g/mol. The Bertz CT molecular complexity index is 203. The highest BCUT2D eigenvalue weighted by molar-refractivity contribution is 5.25. The summed E-state index contributed by atoms with van der Waals surface area (Å²) in [6.07, 6.45) is 8.11. The molecule has 0 radical (unpaired) electrons. The molecule has 2 rings (SSSR count). The molecule has 0 amide bonds. The van der Waals surface area contributed by atoms with Crippen molar-refractivity contribution in [1.29, 1.82) is 0 Å². The first-order chi connectivity index (χ1) is 5.38. The van der Waals surface area contributed by atoms with Crippen LogP contribution < -0.4 is 5.32 Å². The fourth-order valence-corrected chi connectivity index (χ4v) is 2.08. The van der Waals surface area contributed by atoms with Crippen molar-refractivity contribution >= 4 is 0 Å². The molecule has 2 aliphatic rings. The summed E-state index contributed by atoms with van der Waals surface area (Å²) in [6, 6.07) is 0. The fourth-order valence-electron chi connectivity index (χ4n) is 2.08. The Balaban J connectivity index is 2.18. The first kappa shape index (κ1) is 7.11. The Hall–Kier alpha value is -0.560. The average Bonchev–Trinajstić information content (AvgIpc) is 2.06. The quantitative estimate of drug-likeness (QED) is 0.553. The van der Waals surface area contributed by atoms with Crippen molar-refractivity contribution in [3.63, 3.8) is 0 Å². The molecule has 1 saturated heterocycles. The van der Waals surface area contributed by atoms with Crippen molar-refractivity contribution in [2.24, 2.45) is 11.8 Å². The zero-order valence-electron chi connectivity index (χ0n) is 7.01. The Labute approximate surface area is 68.2 Å². The summed E-state index contributed by atoms with van der Waals surface area (Å²) >= 11 is 0. The number of nitrogens with one attached hydrogen (secondary N) is 1. The maximum absolute atomic E-state index is 3.40. The fraction of sp³-hybridized carbons (Fsp3) is 0.600. The molecule has 11 heavy (non-hydrogen) atoms.